The smallest absolute Gasteiger partial charge is 0.230 e. The molecular formula is C8H6N6S. The highest BCUT2D eigenvalue weighted by molar-refractivity contribution is 7.09. The maximum atomic E-state index is 8.64. The Hall–Kier alpha value is -2.07. The number of nitrogens with one attached hydrogen (secondary N) is 1. The second kappa shape index (κ2) is 3.98. The van der Waals surface area contributed by atoms with Crippen LogP contribution in [-0.4, -0.2) is 19.3 Å². The Bertz CT molecular complexity index is 514. The standard InChI is InChI=1S/C8H6N6S/c1-5-11-8(15-14-5)13-7-10-3-2-6(4-9)12-7/h2-3H,1H3,(H,10,11,12,13,14). The summed E-state index contributed by atoms with van der Waals surface area (Å²) in [5.74, 6) is 1.05. The molecule has 0 radical (unpaired) electrons. The van der Waals surface area contributed by atoms with Gasteiger partial charge in [-0.2, -0.15) is 9.64 Å². The van der Waals surface area contributed by atoms with Crippen molar-refractivity contribution in [2.75, 3.05) is 5.32 Å². The van der Waals surface area contributed by atoms with Crippen molar-refractivity contribution in [3.8, 4) is 6.07 Å². The molecule has 0 spiro atoms. The van der Waals surface area contributed by atoms with Crippen LogP contribution in [0.25, 0.3) is 0 Å². The molecule has 0 aliphatic heterocycles. The molecule has 2 heterocycles. The predicted molar refractivity (Wildman–Crippen MR) is 54.7 cm³/mol. The molecular weight excluding hydrogens is 212 g/mol. The summed E-state index contributed by atoms with van der Waals surface area (Å²) in [5, 5.41) is 12.1. The summed E-state index contributed by atoms with van der Waals surface area (Å²) in [6.07, 6.45) is 1.52. The molecule has 6 nitrogen and oxygen atoms in total. The maximum absolute atomic E-state index is 8.64. The van der Waals surface area contributed by atoms with Gasteiger partial charge >= 0.3 is 0 Å². The van der Waals surface area contributed by atoms with Crippen LogP contribution < -0.4 is 5.32 Å². The molecule has 0 saturated carbocycles. The second-order valence-electron chi connectivity index (χ2n) is 2.65. The monoisotopic (exact) mass is 218 g/mol. The summed E-state index contributed by atoms with van der Waals surface area (Å²) in [4.78, 5) is 12.0. The summed E-state index contributed by atoms with van der Waals surface area (Å²) < 4.78 is 4.00. The third-order valence-electron chi connectivity index (χ3n) is 1.52. The highest BCUT2D eigenvalue weighted by atomic mass is 32.1. The zero-order chi connectivity index (χ0) is 10.7. The van der Waals surface area contributed by atoms with Gasteiger partial charge < -0.3 is 0 Å². The lowest BCUT2D eigenvalue weighted by Gasteiger charge is -1.98. The molecule has 15 heavy (non-hydrogen) atoms. The Kier molecular flexibility index (Phi) is 2.51. The zero-order valence-corrected chi connectivity index (χ0v) is 8.62. The minimum atomic E-state index is 0.314. The zero-order valence-electron chi connectivity index (χ0n) is 7.80. The van der Waals surface area contributed by atoms with Crippen LogP contribution in [-0.2, 0) is 0 Å². The number of nitrogens with zero attached hydrogens (tertiary/aromatic N) is 5. The fourth-order valence-corrected chi connectivity index (χ4v) is 1.49. The Balaban J connectivity index is 2.21. The predicted octanol–water partition coefficient (Wildman–Crippen LogP) is 1.25. The molecule has 74 valence electrons. The molecule has 0 saturated heterocycles. The van der Waals surface area contributed by atoms with Crippen LogP contribution in [0, 0.1) is 18.3 Å². The molecule has 0 atom stereocenters. The molecule has 0 amide bonds. The van der Waals surface area contributed by atoms with Crippen LogP contribution in [0.5, 0.6) is 0 Å². The quantitative estimate of drug-likeness (QED) is 0.816. The average molecular weight is 218 g/mol. The van der Waals surface area contributed by atoms with Crippen molar-refractivity contribution in [2.45, 2.75) is 6.92 Å². The first-order chi connectivity index (χ1) is 7.28. The molecule has 7 heteroatoms. The minimum absolute atomic E-state index is 0.314. The van der Waals surface area contributed by atoms with E-state index in [9.17, 15) is 0 Å². The molecule has 2 aromatic rings. The van der Waals surface area contributed by atoms with Gasteiger partial charge in [0.15, 0.2) is 0 Å². The fraction of sp³-hybridized carbons (Fsp3) is 0.125. The Morgan fingerprint density at radius 1 is 1.47 bits per heavy atom. The number of hydrogen-bond donors (Lipinski definition) is 1. The van der Waals surface area contributed by atoms with E-state index in [1.54, 1.807) is 6.92 Å². The number of aromatic nitrogens is 4. The van der Waals surface area contributed by atoms with Crippen LogP contribution in [0.1, 0.15) is 11.5 Å². The van der Waals surface area contributed by atoms with Crippen molar-refractivity contribution in [1.29, 1.82) is 5.26 Å². The van der Waals surface area contributed by atoms with Gasteiger partial charge in [0.1, 0.15) is 17.6 Å². The van der Waals surface area contributed by atoms with E-state index in [1.807, 2.05) is 6.07 Å². The summed E-state index contributed by atoms with van der Waals surface area (Å²) in [6.45, 7) is 1.80. The van der Waals surface area contributed by atoms with E-state index in [0.717, 1.165) is 0 Å². The summed E-state index contributed by atoms with van der Waals surface area (Å²) in [5.41, 5.74) is 0.314. The fourth-order valence-electron chi connectivity index (χ4n) is 0.925. The lowest BCUT2D eigenvalue weighted by atomic mass is 10.4. The normalized spacial score (nSPS) is 9.60. The van der Waals surface area contributed by atoms with Crippen LogP contribution in [0.15, 0.2) is 12.3 Å². The molecule has 1 N–H and O–H groups in total. The largest absolute Gasteiger partial charge is 0.299 e. The first kappa shape index (κ1) is 9.48. The van der Waals surface area contributed by atoms with Crippen molar-refractivity contribution < 1.29 is 0 Å². The second-order valence-corrected chi connectivity index (χ2v) is 3.40. The van der Waals surface area contributed by atoms with E-state index in [0.29, 0.717) is 22.6 Å². The first-order valence-electron chi connectivity index (χ1n) is 4.08. The molecule has 2 aromatic heterocycles. The number of nitriles is 1. The van der Waals surface area contributed by atoms with Crippen molar-refractivity contribution >= 4 is 22.6 Å². The van der Waals surface area contributed by atoms with Crippen LogP contribution in [0.3, 0.4) is 0 Å². The summed E-state index contributed by atoms with van der Waals surface area (Å²) >= 11 is 1.22. The van der Waals surface area contributed by atoms with Gasteiger partial charge in [-0.05, 0) is 13.0 Å². The molecule has 0 fully saturated rings. The molecule has 2 rings (SSSR count). The number of aryl methyl sites for hydroxylation is 1. The Labute approximate surface area is 89.8 Å². The lowest BCUT2D eigenvalue weighted by molar-refractivity contribution is 1.12. The SMILES string of the molecule is Cc1nsc(Nc2nccc(C#N)n2)n1. The van der Waals surface area contributed by atoms with E-state index < -0.39 is 0 Å². The van der Waals surface area contributed by atoms with Crippen molar-refractivity contribution in [3.05, 3.63) is 23.8 Å². The van der Waals surface area contributed by atoms with Gasteiger partial charge in [0, 0.05) is 17.7 Å². The minimum Gasteiger partial charge on any atom is -0.299 e. The molecule has 0 aliphatic rings. The van der Waals surface area contributed by atoms with E-state index in [1.165, 1.54) is 23.8 Å². The lowest BCUT2D eigenvalue weighted by Crippen LogP contribution is -1.97. The van der Waals surface area contributed by atoms with Gasteiger partial charge in [0.25, 0.3) is 0 Å². The van der Waals surface area contributed by atoms with Gasteiger partial charge in [-0.1, -0.05) is 0 Å². The van der Waals surface area contributed by atoms with Gasteiger partial charge in [-0.25, -0.2) is 15.0 Å². The summed E-state index contributed by atoms with van der Waals surface area (Å²) in [6, 6.07) is 3.47. The molecule has 0 unspecified atom stereocenters. The van der Waals surface area contributed by atoms with Crippen molar-refractivity contribution in [3.63, 3.8) is 0 Å². The van der Waals surface area contributed by atoms with E-state index >= 15 is 0 Å². The van der Waals surface area contributed by atoms with Gasteiger partial charge in [0.2, 0.25) is 11.1 Å². The Morgan fingerprint density at radius 3 is 3.00 bits per heavy atom. The molecule has 0 aliphatic carbocycles. The first-order valence-corrected chi connectivity index (χ1v) is 4.86. The highest BCUT2D eigenvalue weighted by Gasteiger charge is 2.03. The van der Waals surface area contributed by atoms with Gasteiger partial charge in [-0.15, -0.1) is 0 Å². The highest BCUT2D eigenvalue weighted by Crippen LogP contribution is 2.14. The van der Waals surface area contributed by atoms with Crippen LogP contribution in [0.2, 0.25) is 0 Å². The third kappa shape index (κ3) is 2.24. The average Bonchev–Trinajstić information content (AvgIpc) is 2.64. The van der Waals surface area contributed by atoms with Gasteiger partial charge in [0.05, 0.1) is 0 Å². The van der Waals surface area contributed by atoms with Crippen molar-refractivity contribution in [2.24, 2.45) is 0 Å². The van der Waals surface area contributed by atoms with E-state index in [4.69, 9.17) is 5.26 Å². The number of rotatable bonds is 2. The molecule has 0 bridgehead atoms. The maximum Gasteiger partial charge on any atom is 0.230 e. The number of hydrogen-bond acceptors (Lipinski definition) is 7. The topological polar surface area (TPSA) is 87.4 Å². The summed E-state index contributed by atoms with van der Waals surface area (Å²) in [7, 11) is 0. The Morgan fingerprint density at radius 2 is 2.33 bits per heavy atom. The van der Waals surface area contributed by atoms with E-state index in [2.05, 4.69) is 24.6 Å². The van der Waals surface area contributed by atoms with E-state index in [-0.39, 0.29) is 0 Å². The van der Waals surface area contributed by atoms with Gasteiger partial charge in [-0.3, -0.25) is 5.32 Å². The third-order valence-corrected chi connectivity index (χ3v) is 2.24. The number of anilines is 2. The van der Waals surface area contributed by atoms with Crippen LogP contribution in [0.4, 0.5) is 11.1 Å². The molecule has 0 aromatic carbocycles. The van der Waals surface area contributed by atoms with Crippen molar-refractivity contribution in [1.82, 2.24) is 19.3 Å². The van der Waals surface area contributed by atoms with Crippen LogP contribution >= 0.6 is 11.5 Å².